The summed E-state index contributed by atoms with van der Waals surface area (Å²) in [6.07, 6.45) is 6.24. The van der Waals surface area contributed by atoms with Crippen LogP contribution >= 0.6 is 47.8 Å². The molecule has 0 spiro atoms. The van der Waals surface area contributed by atoms with Crippen molar-refractivity contribution in [1.82, 2.24) is 15.0 Å². The van der Waals surface area contributed by atoms with Crippen molar-refractivity contribution in [1.29, 1.82) is 0 Å². The van der Waals surface area contributed by atoms with E-state index in [1.54, 1.807) is 0 Å². The summed E-state index contributed by atoms with van der Waals surface area (Å²) >= 11 is 11.2. The third-order valence-electron chi connectivity index (χ3n) is 17.5. The second kappa shape index (κ2) is 27.2. The van der Waals surface area contributed by atoms with Crippen molar-refractivity contribution in [3.8, 4) is 134 Å². The summed E-state index contributed by atoms with van der Waals surface area (Å²) in [5, 5.41) is 0. The Hall–Kier alpha value is -8.26. The first-order valence-corrected chi connectivity index (χ1v) is 33.9. The first-order valence-electron chi connectivity index (χ1n) is 31.5. The molecule has 13 aromatic rings. The predicted octanol–water partition coefficient (Wildman–Crippen LogP) is 25.5. The normalized spacial score (nSPS) is 11.7. The van der Waals surface area contributed by atoms with Crippen molar-refractivity contribution < 1.29 is 20.1 Å². The van der Waals surface area contributed by atoms with Crippen LogP contribution in [0.4, 0.5) is 0 Å². The van der Waals surface area contributed by atoms with E-state index in [9.17, 15) is 0 Å². The molecule has 0 radical (unpaired) electrons. The molecule has 0 N–H and O–H groups in total. The van der Waals surface area contributed by atoms with Crippen LogP contribution < -0.4 is 0 Å². The number of aromatic nitrogens is 3. The van der Waals surface area contributed by atoms with E-state index in [0.717, 1.165) is 147 Å². The van der Waals surface area contributed by atoms with Crippen LogP contribution in [0.15, 0.2) is 269 Å². The van der Waals surface area contributed by atoms with Gasteiger partial charge in [-0.2, -0.15) is 0 Å². The molecule has 94 heavy (non-hydrogen) atoms. The monoisotopic (exact) mass is 1590 g/mol. The van der Waals surface area contributed by atoms with Crippen molar-refractivity contribution in [3.05, 3.63) is 303 Å². The number of nitrogens with zero attached hydrogens (tertiary/aromatic N) is 3. The molecular formula is C87H69Br3IrN3. The van der Waals surface area contributed by atoms with Crippen molar-refractivity contribution in [2.75, 3.05) is 0 Å². The first-order chi connectivity index (χ1) is 44.7. The topological polar surface area (TPSA) is 38.7 Å². The Labute approximate surface area is 593 Å². The summed E-state index contributed by atoms with van der Waals surface area (Å²) in [6.45, 7) is 20.7. The molecule has 0 unspecified atom stereocenters. The van der Waals surface area contributed by atoms with Gasteiger partial charge in [-0.05, 0) is 170 Å². The number of pyridine rings is 3. The van der Waals surface area contributed by atoms with E-state index in [2.05, 4.69) is 347 Å². The third kappa shape index (κ3) is 14.1. The predicted molar refractivity (Wildman–Crippen MR) is 401 cm³/mol. The molecule has 0 amide bonds. The van der Waals surface area contributed by atoms with Crippen LogP contribution in [0.3, 0.4) is 0 Å². The number of hydrogen-bond acceptors (Lipinski definition) is 3. The second-order valence-corrected chi connectivity index (χ2v) is 29.8. The van der Waals surface area contributed by atoms with Gasteiger partial charge in [0, 0.05) is 35.3 Å². The van der Waals surface area contributed by atoms with E-state index < -0.39 is 0 Å². The largest absolute Gasteiger partial charge is 3.00 e. The molecule has 7 heteroatoms. The molecule has 10 aromatic carbocycles. The van der Waals surface area contributed by atoms with Crippen LogP contribution in [0.5, 0.6) is 0 Å². The number of benzene rings is 10. The number of halogens is 3. The molecule has 0 saturated carbocycles. The van der Waals surface area contributed by atoms with Gasteiger partial charge in [0.15, 0.2) is 0 Å². The Morgan fingerprint density at radius 1 is 0.255 bits per heavy atom. The maximum Gasteiger partial charge on any atom is 3.00 e. The molecule has 0 aliphatic rings. The van der Waals surface area contributed by atoms with Gasteiger partial charge in [0.2, 0.25) is 0 Å². The fraction of sp³-hybridized carbons (Fsp3) is 0.138. The van der Waals surface area contributed by atoms with E-state index in [1.165, 1.54) is 16.7 Å². The Kier molecular flexibility index (Phi) is 19.1. The quantitative estimate of drug-likeness (QED) is 0.114. The number of hydrogen-bond donors (Lipinski definition) is 0. The molecule has 0 bridgehead atoms. The van der Waals surface area contributed by atoms with Gasteiger partial charge in [0.1, 0.15) is 0 Å². The molecule has 0 aliphatic heterocycles. The summed E-state index contributed by atoms with van der Waals surface area (Å²) in [6, 6.07) is 95.9. The third-order valence-corrected chi connectivity index (χ3v) is 19.0. The summed E-state index contributed by atoms with van der Waals surface area (Å²) in [4.78, 5) is 15.9. The van der Waals surface area contributed by atoms with E-state index in [4.69, 9.17) is 15.0 Å². The molecule has 3 aromatic heterocycles. The fourth-order valence-corrected chi connectivity index (χ4v) is 13.4. The molecule has 3 nitrogen and oxygen atoms in total. The van der Waals surface area contributed by atoms with Crippen molar-refractivity contribution >= 4 is 47.8 Å². The van der Waals surface area contributed by atoms with Crippen LogP contribution in [-0.2, 0) is 36.4 Å². The van der Waals surface area contributed by atoms with Crippen LogP contribution in [0.25, 0.3) is 134 Å². The summed E-state index contributed by atoms with van der Waals surface area (Å²) < 4.78 is 2.91. The molecule has 3 heterocycles. The molecule has 0 atom stereocenters. The Balaban J connectivity index is 0.00000848. The molecule has 0 saturated heterocycles. The van der Waals surface area contributed by atoms with Gasteiger partial charge >= 0.3 is 20.1 Å². The van der Waals surface area contributed by atoms with Crippen LogP contribution in [-0.4, -0.2) is 15.0 Å². The minimum atomic E-state index is -0.177. The molecule has 13 rings (SSSR count). The fourth-order valence-electron chi connectivity index (χ4n) is 12.3. The number of rotatable bonds is 12. The average Bonchev–Trinajstić information content (AvgIpc) is 0.766. The summed E-state index contributed by atoms with van der Waals surface area (Å²) in [7, 11) is 0. The molecule has 0 fully saturated rings. The Morgan fingerprint density at radius 3 is 0.766 bits per heavy atom. The van der Waals surface area contributed by atoms with Gasteiger partial charge < -0.3 is 15.0 Å². The smallest absolute Gasteiger partial charge is 0.304 e. The maximum absolute atomic E-state index is 5.31. The van der Waals surface area contributed by atoms with Gasteiger partial charge in [-0.1, -0.05) is 269 Å². The van der Waals surface area contributed by atoms with Gasteiger partial charge in [0.05, 0.1) is 0 Å². The standard InChI is InChI=1S/C87H69Br3N3.Ir/c1-85(2,3)64-34-37-70(76(46-64)79-52-91-82(58-28-19-31-67(88)43-58)49-73(79)55-22-13-10-14-23-55)61-40-62(71-38-35-65(86(4,5)6)47-77(71)80-53-92-83(59-29-20-32-68(89)44-59)50-74(80)56-24-15-11-16-25-56)42-63(41-61)72-39-36-66(87(7,8)9)48-78(72)81-54-93-84(60-30-21-33-69(90)45-60)51-75(81)57-26-17-12-18-27-57;/h10-27,31-54H,1-9H3;/q-3;+3. The SMILES string of the molecule is CC(C)(C)c1ccc(-c2cc(-c3ccc(C(C)(C)C)cc3-c3cnc(-c4[c-]ccc(Br)c4)cc3-c3ccccc3)cc(-c3ccc(C(C)(C)C)cc3-c3cnc(-c4[c-]ccc(Br)c4)cc3-c3ccccc3)c2)c(-c2cnc(-c3[c-]ccc(Br)c3)cc2-c2ccccc2)c1.[Ir+3]. The zero-order valence-electron chi connectivity index (χ0n) is 54.1. The van der Waals surface area contributed by atoms with Crippen molar-refractivity contribution in [2.45, 2.75) is 78.6 Å². The molecule has 462 valence electrons. The average molecular weight is 1590 g/mol. The molecular weight excluding hydrogens is 1520 g/mol. The van der Waals surface area contributed by atoms with Crippen LogP contribution in [0, 0.1) is 18.2 Å². The maximum atomic E-state index is 5.31. The van der Waals surface area contributed by atoms with Crippen molar-refractivity contribution in [3.63, 3.8) is 0 Å². The Morgan fingerprint density at radius 2 is 0.521 bits per heavy atom. The van der Waals surface area contributed by atoms with Crippen LogP contribution in [0.2, 0.25) is 0 Å². The minimum Gasteiger partial charge on any atom is -0.304 e. The van der Waals surface area contributed by atoms with Gasteiger partial charge in [-0.15, -0.1) is 89.5 Å². The zero-order chi connectivity index (χ0) is 64.8. The van der Waals surface area contributed by atoms with E-state index in [-0.39, 0.29) is 36.4 Å². The van der Waals surface area contributed by atoms with Gasteiger partial charge in [0.25, 0.3) is 0 Å². The second-order valence-electron chi connectivity index (χ2n) is 27.0. The van der Waals surface area contributed by atoms with Gasteiger partial charge in [-0.25, -0.2) is 0 Å². The molecule has 0 aliphatic carbocycles. The van der Waals surface area contributed by atoms with E-state index in [1.807, 2.05) is 36.4 Å². The van der Waals surface area contributed by atoms with Crippen LogP contribution in [0.1, 0.15) is 79.0 Å². The van der Waals surface area contributed by atoms with E-state index in [0.29, 0.717) is 0 Å². The Bertz CT molecular complexity index is 4440. The van der Waals surface area contributed by atoms with E-state index >= 15 is 0 Å². The van der Waals surface area contributed by atoms with Gasteiger partial charge in [-0.3, -0.25) is 0 Å². The minimum absolute atomic E-state index is 0. The summed E-state index contributed by atoms with van der Waals surface area (Å²) in [5.41, 5.74) is 27.6. The summed E-state index contributed by atoms with van der Waals surface area (Å²) in [5.74, 6) is 0. The first kappa shape index (κ1) is 65.8. The van der Waals surface area contributed by atoms with Crippen molar-refractivity contribution in [2.24, 2.45) is 0 Å². The zero-order valence-corrected chi connectivity index (χ0v) is 61.2.